The summed E-state index contributed by atoms with van der Waals surface area (Å²) in [7, 11) is -3.95. The quantitative estimate of drug-likeness (QED) is 0.755. The van der Waals surface area contributed by atoms with Crippen LogP contribution < -0.4 is 14.4 Å². The molecule has 2 aromatic rings. The Bertz CT molecular complexity index is 964. The number of hydrogen-bond donors (Lipinski definition) is 1. The smallest absolute Gasteiger partial charge is 0.247 e. The van der Waals surface area contributed by atoms with Crippen molar-refractivity contribution in [3.8, 4) is 5.75 Å². The van der Waals surface area contributed by atoms with Crippen LogP contribution in [0.4, 0.5) is 20.2 Å². The van der Waals surface area contributed by atoms with Gasteiger partial charge in [-0.3, -0.25) is 9.10 Å². The Hall–Kier alpha value is -2.68. The number of anilines is 2. The van der Waals surface area contributed by atoms with Gasteiger partial charge in [0, 0.05) is 17.8 Å². The van der Waals surface area contributed by atoms with E-state index in [0.29, 0.717) is 11.4 Å². The molecule has 0 aliphatic rings. The Kier molecular flexibility index (Phi) is 6.60. The first-order valence-electron chi connectivity index (χ1n) is 8.51. The zero-order valence-electron chi connectivity index (χ0n) is 15.9. The topological polar surface area (TPSA) is 75.7 Å². The fraction of sp³-hybridized carbons (Fsp3) is 0.316. The molecule has 0 fully saturated rings. The highest BCUT2D eigenvalue weighted by Crippen LogP contribution is 2.24. The SMILES string of the molecule is CC(C)Oc1cccc(NC(=O)[C@@H](C)N(c2ccc(F)c(F)c2)S(C)(=O)=O)c1. The molecular formula is C19H22F2N2O4S. The maximum Gasteiger partial charge on any atom is 0.247 e. The lowest BCUT2D eigenvalue weighted by Crippen LogP contribution is -2.45. The maximum atomic E-state index is 13.6. The van der Waals surface area contributed by atoms with Gasteiger partial charge in [0.2, 0.25) is 15.9 Å². The summed E-state index contributed by atoms with van der Waals surface area (Å²) in [5.41, 5.74) is 0.259. The van der Waals surface area contributed by atoms with Crippen molar-refractivity contribution in [1.82, 2.24) is 0 Å². The number of sulfonamides is 1. The second-order valence-corrected chi connectivity index (χ2v) is 8.38. The molecule has 0 unspecified atom stereocenters. The van der Waals surface area contributed by atoms with Crippen molar-refractivity contribution in [2.75, 3.05) is 15.9 Å². The van der Waals surface area contributed by atoms with E-state index in [1.54, 1.807) is 24.3 Å². The molecule has 0 bridgehead atoms. The van der Waals surface area contributed by atoms with Gasteiger partial charge >= 0.3 is 0 Å². The van der Waals surface area contributed by atoms with Crippen LogP contribution in [0.3, 0.4) is 0 Å². The molecule has 1 atom stereocenters. The third-order valence-corrected chi connectivity index (χ3v) is 4.96. The molecule has 28 heavy (non-hydrogen) atoms. The van der Waals surface area contributed by atoms with Crippen LogP contribution in [0.2, 0.25) is 0 Å². The number of hydrogen-bond acceptors (Lipinski definition) is 4. The summed E-state index contributed by atoms with van der Waals surface area (Å²) in [4.78, 5) is 12.6. The first-order valence-corrected chi connectivity index (χ1v) is 10.4. The highest BCUT2D eigenvalue weighted by Gasteiger charge is 2.30. The molecule has 0 radical (unpaired) electrons. The first kappa shape index (κ1) is 21.6. The third kappa shape index (κ3) is 5.41. The van der Waals surface area contributed by atoms with Gasteiger partial charge in [0.15, 0.2) is 11.6 Å². The van der Waals surface area contributed by atoms with Crippen LogP contribution >= 0.6 is 0 Å². The molecule has 1 N–H and O–H groups in total. The van der Waals surface area contributed by atoms with Crippen LogP contribution in [-0.2, 0) is 14.8 Å². The van der Waals surface area contributed by atoms with Gasteiger partial charge in [-0.15, -0.1) is 0 Å². The van der Waals surface area contributed by atoms with E-state index in [2.05, 4.69) is 5.32 Å². The zero-order chi connectivity index (χ0) is 21.1. The Balaban J connectivity index is 2.28. The second kappa shape index (κ2) is 8.55. The fourth-order valence-corrected chi connectivity index (χ4v) is 3.76. The Morgan fingerprint density at radius 3 is 2.32 bits per heavy atom. The van der Waals surface area contributed by atoms with Crippen LogP contribution in [0.5, 0.6) is 5.75 Å². The highest BCUT2D eigenvalue weighted by atomic mass is 32.2. The molecule has 0 aliphatic carbocycles. The van der Waals surface area contributed by atoms with E-state index in [1.165, 1.54) is 6.92 Å². The van der Waals surface area contributed by atoms with Gasteiger partial charge in [-0.1, -0.05) is 6.07 Å². The van der Waals surface area contributed by atoms with Crippen molar-refractivity contribution >= 4 is 27.3 Å². The summed E-state index contributed by atoms with van der Waals surface area (Å²) >= 11 is 0. The summed E-state index contributed by atoms with van der Waals surface area (Å²) in [5.74, 6) is -2.42. The fourth-order valence-electron chi connectivity index (χ4n) is 2.60. The monoisotopic (exact) mass is 412 g/mol. The second-order valence-electron chi connectivity index (χ2n) is 6.52. The Morgan fingerprint density at radius 2 is 1.75 bits per heavy atom. The number of ether oxygens (including phenoxy) is 1. The average Bonchev–Trinajstić information content (AvgIpc) is 2.56. The van der Waals surface area contributed by atoms with Gasteiger partial charge in [0.05, 0.1) is 18.0 Å². The molecule has 152 valence electrons. The van der Waals surface area contributed by atoms with Gasteiger partial charge in [-0.05, 0) is 45.0 Å². The molecular weight excluding hydrogens is 390 g/mol. The van der Waals surface area contributed by atoms with Gasteiger partial charge in [0.25, 0.3) is 0 Å². The normalized spacial score (nSPS) is 12.5. The van der Waals surface area contributed by atoms with Crippen LogP contribution in [-0.4, -0.2) is 32.7 Å². The lowest BCUT2D eigenvalue weighted by Gasteiger charge is -2.28. The van der Waals surface area contributed by atoms with Crippen molar-refractivity contribution in [2.24, 2.45) is 0 Å². The Labute approximate surface area is 163 Å². The molecule has 0 aliphatic heterocycles. The van der Waals surface area contributed by atoms with Crippen molar-refractivity contribution < 1.29 is 26.7 Å². The van der Waals surface area contributed by atoms with Crippen LogP contribution in [0.15, 0.2) is 42.5 Å². The van der Waals surface area contributed by atoms with Crippen LogP contribution in [0, 0.1) is 11.6 Å². The predicted octanol–water partition coefficient (Wildman–Crippen LogP) is 3.55. The minimum absolute atomic E-state index is 0.0565. The van der Waals surface area contributed by atoms with E-state index in [0.717, 1.165) is 28.8 Å². The zero-order valence-corrected chi connectivity index (χ0v) is 16.8. The number of nitrogens with zero attached hydrogens (tertiary/aromatic N) is 1. The summed E-state index contributed by atoms with van der Waals surface area (Å²) in [5, 5.41) is 2.61. The molecule has 0 aromatic heterocycles. The van der Waals surface area contributed by atoms with Gasteiger partial charge in [-0.2, -0.15) is 0 Å². The van der Waals surface area contributed by atoms with Crippen molar-refractivity contribution in [1.29, 1.82) is 0 Å². The third-order valence-electron chi connectivity index (χ3n) is 3.72. The lowest BCUT2D eigenvalue weighted by atomic mass is 10.2. The van der Waals surface area contributed by atoms with E-state index in [1.807, 2.05) is 13.8 Å². The van der Waals surface area contributed by atoms with Crippen LogP contribution in [0.25, 0.3) is 0 Å². The lowest BCUT2D eigenvalue weighted by molar-refractivity contribution is -0.116. The number of benzene rings is 2. The molecule has 0 saturated heterocycles. The molecule has 9 heteroatoms. The molecule has 2 aromatic carbocycles. The number of halogens is 2. The average molecular weight is 412 g/mol. The van der Waals surface area contributed by atoms with E-state index < -0.39 is 33.6 Å². The largest absolute Gasteiger partial charge is 0.491 e. The summed E-state index contributed by atoms with van der Waals surface area (Å²) < 4.78 is 57.5. The number of carbonyl (C=O) groups is 1. The Morgan fingerprint density at radius 1 is 1.07 bits per heavy atom. The van der Waals surface area contributed by atoms with Crippen molar-refractivity contribution in [3.63, 3.8) is 0 Å². The standard InChI is InChI=1S/C19H22F2N2O4S/c1-12(2)27-16-7-5-6-14(10-16)22-19(24)13(3)23(28(4,25)26)15-8-9-17(20)18(21)11-15/h5-13H,1-4H3,(H,22,24)/t13-/m1/s1. The van der Waals surface area contributed by atoms with E-state index in [-0.39, 0.29) is 11.8 Å². The molecule has 2 rings (SSSR count). The molecule has 0 saturated carbocycles. The molecule has 6 nitrogen and oxygen atoms in total. The number of carbonyl (C=O) groups excluding carboxylic acids is 1. The molecule has 0 spiro atoms. The maximum absolute atomic E-state index is 13.6. The van der Waals surface area contributed by atoms with Gasteiger partial charge in [-0.25, -0.2) is 17.2 Å². The van der Waals surface area contributed by atoms with Crippen molar-refractivity contribution in [2.45, 2.75) is 32.9 Å². The van der Waals surface area contributed by atoms with Gasteiger partial charge < -0.3 is 10.1 Å². The number of amides is 1. The summed E-state index contributed by atoms with van der Waals surface area (Å²) in [6.45, 7) is 5.07. The summed E-state index contributed by atoms with van der Waals surface area (Å²) in [6, 6.07) is 8.06. The molecule has 0 heterocycles. The minimum Gasteiger partial charge on any atom is -0.491 e. The first-order chi connectivity index (χ1) is 13.0. The van der Waals surface area contributed by atoms with Crippen LogP contribution in [0.1, 0.15) is 20.8 Å². The van der Waals surface area contributed by atoms with E-state index in [9.17, 15) is 22.0 Å². The number of nitrogens with one attached hydrogen (secondary N) is 1. The van der Waals surface area contributed by atoms with E-state index >= 15 is 0 Å². The van der Waals surface area contributed by atoms with Crippen molar-refractivity contribution in [3.05, 3.63) is 54.1 Å². The van der Waals surface area contributed by atoms with Gasteiger partial charge in [0.1, 0.15) is 11.8 Å². The molecule has 1 amide bonds. The summed E-state index contributed by atoms with van der Waals surface area (Å²) in [6.07, 6.45) is 0.828. The van der Waals surface area contributed by atoms with E-state index in [4.69, 9.17) is 4.74 Å². The minimum atomic E-state index is -3.95. The highest BCUT2D eigenvalue weighted by molar-refractivity contribution is 7.92. The number of rotatable bonds is 7. The predicted molar refractivity (Wildman–Crippen MR) is 104 cm³/mol.